The molecule has 0 radical (unpaired) electrons. The average molecular weight is 586 g/mol. The second-order valence-electron chi connectivity index (χ2n) is 8.36. The fourth-order valence-corrected chi connectivity index (χ4v) is 6.42. The van der Waals surface area contributed by atoms with Crippen molar-refractivity contribution in [3.05, 3.63) is 22.3 Å². The van der Waals surface area contributed by atoms with Crippen molar-refractivity contribution in [2.24, 2.45) is 0 Å². The van der Waals surface area contributed by atoms with E-state index in [2.05, 4.69) is 25.8 Å². The third-order valence-corrected chi connectivity index (χ3v) is 8.22. The van der Waals surface area contributed by atoms with Crippen LogP contribution in [0.15, 0.2) is 21.8 Å². The molecule has 2 aliphatic rings. The van der Waals surface area contributed by atoms with E-state index in [0.29, 0.717) is 39.6 Å². The average Bonchev–Trinajstić information content (AvgIpc) is 3.46. The van der Waals surface area contributed by atoms with Gasteiger partial charge in [-0.05, 0) is 30.1 Å². The molecule has 2 atom stereocenters. The number of tetrazole rings is 1. The first kappa shape index (κ1) is 29.3. The van der Waals surface area contributed by atoms with Crippen LogP contribution in [-0.2, 0) is 32.1 Å². The van der Waals surface area contributed by atoms with Crippen LogP contribution in [-0.4, -0.2) is 113 Å². The van der Waals surface area contributed by atoms with Gasteiger partial charge in [-0.15, -0.1) is 28.2 Å². The Morgan fingerprint density at radius 1 is 1.32 bits per heavy atom. The number of carboxylic acid groups (broad SMARTS) is 2. The summed E-state index contributed by atoms with van der Waals surface area (Å²) in [4.78, 5) is 53.5. The minimum Gasteiger partial charge on any atom is -0.481 e. The number of aliphatic carboxylic acids is 2. The van der Waals surface area contributed by atoms with E-state index in [1.54, 1.807) is 10.1 Å². The number of nitrogens with one attached hydrogen (secondary N) is 1. The number of nitrogens with zero attached hydrogens (tertiary/aromatic N) is 7. The zero-order valence-electron chi connectivity index (χ0n) is 20.7. The monoisotopic (exact) mass is 585 g/mol. The summed E-state index contributed by atoms with van der Waals surface area (Å²) in [6, 6.07) is -0.782. The summed E-state index contributed by atoms with van der Waals surface area (Å²) < 4.78 is 1.67. The standard InChI is InChI=1S/C18H23N9O4S3.C2H4O2/c1-25(2)3-4-26-18(22-23-24-26)34-7-9-6-32-15-12(14(29)27(15)13(9)16(30)31)21-11(28)5-10-8-33-17(19)20-10;1-2(3)4/h8,12,15H,3-7H2,1-2H3,(H2,19,20)(H,21,28)(H,30,31);1H3,(H,3,4)/t12-,15-;/m1./s1. The fourth-order valence-electron chi connectivity index (χ4n) is 3.47. The van der Waals surface area contributed by atoms with Crippen molar-refractivity contribution in [1.82, 2.24) is 40.3 Å². The van der Waals surface area contributed by atoms with Gasteiger partial charge in [-0.2, -0.15) is 0 Å². The summed E-state index contributed by atoms with van der Waals surface area (Å²) in [7, 11) is 3.90. The molecule has 0 aromatic carbocycles. The summed E-state index contributed by atoms with van der Waals surface area (Å²) in [6.45, 7) is 2.44. The van der Waals surface area contributed by atoms with Crippen molar-refractivity contribution in [3.8, 4) is 0 Å². The van der Waals surface area contributed by atoms with Crippen molar-refractivity contribution in [2.45, 2.75) is 36.5 Å². The van der Waals surface area contributed by atoms with Crippen LogP contribution in [0.3, 0.4) is 0 Å². The molecule has 4 rings (SSSR count). The molecule has 38 heavy (non-hydrogen) atoms. The smallest absolute Gasteiger partial charge is 0.352 e. The van der Waals surface area contributed by atoms with E-state index >= 15 is 0 Å². The molecule has 1 fully saturated rings. The Morgan fingerprint density at radius 3 is 2.63 bits per heavy atom. The number of anilines is 1. The summed E-state index contributed by atoms with van der Waals surface area (Å²) in [5.74, 6) is -2.08. The topological polar surface area (TPSA) is 210 Å². The lowest BCUT2D eigenvalue weighted by Gasteiger charge is -2.49. The number of likely N-dealkylation sites (N-methyl/N-ethyl adjacent to an activating group) is 1. The van der Waals surface area contributed by atoms with Gasteiger partial charge in [-0.25, -0.2) is 14.5 Å². The van der Waals surface area contributed by atoms with Crippen molar-refractivity contribution >= 4 is 63.7 Å². The normalized spacial score (nSPS) is 18.4. The molecule has 0 saturated carbocycles. The first-order valence-corrected chi connectivity index (χ1v) is 14.0. The van der Waals surface area contributed by atoms with Gasteiger partial charge < -0.3 is 26.2 Å². The van der Waals surface area contributed by atoms with Gasteiger partial charge in [0.2, 0.25) is 11.1 Å². The highest BCUT2D eigenvalue weighted by Gasteiger charge is 2.54. The van der Waals surface area contributed by atoms with Gasteiger partial charge in [0.1, 0.15) is 17.1 Å². The van der Waals surface area contributed by atoms with Crippen LogP contribution in [0.2, 0.25) is 0 Å². The Bertz CT molecular complexity index is 1230. The summed E-state index contributed by atoms with van der Waals surface area (Å²) >= 11 is 3.98. The minimum atomic E-state index is -1.18. The number of amides is 2. The van der Waals surface area contributed by atoms with E-state index in [1.807, 2.05) is 19.0 Å². The molecule has 18 heteroatoms. The number of thiazole rings is 1. The van der Waals surface area contributed by atoms with Crippen molar-refractivity contribution in [1.29, 1.82) is 0 Å². The Hall–Kier alpha value is -3.22. The summed E-state index contributed by atoms with van der Waals surface area (Å²) in [6.07, 6.45) is 0.000917. The van der Waals surface area contributed by atoms with Gasteiger partial charge in [0.25, 0.3) is 11.9 Å². The largest absolute Gasteiger partial charge is 0.481 e. The molecule has 206 valence electrons. The second kappa shape index (κ2) is 13.0. The Labute approximate surface area is 229 Å². The van der Waals surface area contributed by atoms with Crippen molar-refractivity contribution in [3.63, 3.8) is 0 Å². The van der Waals surface area contributed by atoms with E-state index < -0.39 is 29.3 Å². The van der Waals surface area contributed by atoms with E-state index in [1.165, 1.54) is 39.8 Å². The molecule has 0 aliphatic carbocycles. The first-order valence-electron chi connectivity index (χ1n) is 11.1. The maximum atomic E-state index is 12.8. The number of nitrogens with two attached hydrogens (primary N) is 1. The van der Waals surface area contributed by atoms with Crippen molar-refractivity contribution < 1.29 is 29.4 Å². The number of fused-ring (bicyclic) bond motifs is 1. The Morgan fingerprint density at radius 2 is 2.03 bits per heavy atom. The van der Waals surface area contributed by atoms with E-state index in [9.17, 15) is 19.5 Å². The predicted molar refractivity (Wildman–Crippen MR) is 140 cm³/mol. The lowest BCUT2D eigenvalue weighted by Crippen LogP contribution is -2.70. The maximum Gasteiger partial charge on any atom is 0.352 e. The number of thioether (sulfide) groups is 2. The van der Waals surface area contributed by atoms with Crippen LogP contribution in [0.25, 0.3) is 0 Å². The third-order valence-electron chi connectivity index (χ3n) is 5.11. The highest BCUT2D eigenvalue weighted by Crippen LogP contribution is 2.41. The van der Waals surface area contributed by atoms with Gasteiger partial charge in [-0.1, -0.05) is 11.8 Å². The highest BCUT2D eigenvalue weighted by molar-refractivity contribution is 8.01. The SMILES string of the molecule is CC(=O)O.CN(C)CCn1nnnc1SCC1=C(C(=O)O)N2C(=O)[C@@H](NC(=O)Cc3csc(N)n3)[C@H]2SC1. The highest BCUT2D eigenvalue weighted by atomic mass is 32.2. The van der Waals surface area contributed by atoms with Crippen LogP contribution in [0, 0.1) is 0 Å². The molecule has 5 N–H and O–H groups in total. The molecule has 2 amide bonds. The fraction of sp³-hybridized carbons (Fsp3) is 0.500. The minimum absolute atomic E-state index is 0.000917. The molecule has 4 heterocycles. The predicted octanol–water partition coefficient (Wildman–Crippen LogP) is -0.562. The molecule has 2 aromatic rings. The molecule has 0 unspecified atom stereocenters. The van der Waals surface area contributed by atoms with E-state index in [4.69, 9.17) is 15.6 Å². The first-order chi connectivity index (χ1) is 18.0. The maximum absolute atomic E-state index is 12.8. The van der Waals surface area contributed by atoms with Gasteiger partial charge in [0, 0.05) is 30.4 Å². The van der Waals surface area contributed by atoms with Crippen LogP contribution in [0.1, 0.15) is 12.6 Å². The van der Waals surface area contributed by atoms with Crippen LogP contribution < -0.4 is 11.1 Å². The van der Waals surface area contributed by atoms with Crippen LogP contribution in [0.5, 0.6) is 0 Å². The number of hydrogen-bond donors (Lipinski definition) is 4. The van der Waals surface area contributed by atoms with Gasteiger partial charge >= 0.3 is 5.97 Å². The number of carbonyl (C=O) groups excluding carboxylic acids is 2. The Balaban J connectivity index is 0.000000934. The molecule has 2 aliphatic heterocycles. The number of β-lactam (4-membered cyclic amide) rings is 1. The molecule has 15 nitrogen and oxygen atoms in total. The van der Waals surface area contributed by atoms with E-state index in [0.717, 1.165) is 13.5 Å². The molecule has 0 bridgehead atoms. The summed E-state index contributed by atoms with van der Waals surface area (Å²) in [5.41, 5.74) is 6.68. The van der Waals surface area contributed by atoms with Crippen molar-refractivity contribution in [2.75, 3.05) is 37.9 Å². The number of aromatic nitrogens is 5. The Kier molecular flexibility index (Phi) is 10.1. The number of rotatable bonds is 10. The van der Waals surface area contributed by atoms with Crippen LogP contribution in [0.4, 0.5) is 5.13 Å². The summed E-state index contributed by atoms with van der Waals surface area (Å²) in [5, 5.41) is 33.8. The van der Waals surface area contributed by atoms with E-state index in [-0.39, 0.29) is 18.0 Å². The van der Waals surface area contributed by atoms with Gasteiger partial charge in [0.05, 0.1) is 18.7 Å². The van der Waals surface area contributed by atoms with Crippen LogP contribution >= 0.6 is 34.9 Å². The third kappa shape index (κ3) is 7.42. The number of carboxylic acids is 2. The number of carbonyl (C=O) groups is 4. The molecular formula is C20H27N9O6S3. The lowest BCUT2D eigenvalue weighted by atomic mass is 10.0. The lowest BCUT2D eigenvalue weighted by molar-refractivity contribution is -0.150. The zero-order valence-corrected chi connectivity index (χ0v) is 23.2. The second-order valence-corrected chi connectivity index (χ2v) is 11.3. The zero-order chi connectivity index (χ0) is 28.0. The number of nitrogen functional groups attached to an aromatic ring is 1. The molecule has 0 spiro atoms. The number of hydrogen-bond acceptors (Lipinski definition) is 13. The molecule has 1 saturated heterocycles. The molecular weight excluding hydrogens is 558 g/mol. The van der Waals surface area contributed by atoms with Gasteiger partial charge in [-0.3, -0.25) is 19.3 Å². The molecule has 2 aromatic heterocycles. The quantitative estimate of drug-likeness (QED) is 0.203. The van der Waals surface area contributed by atoms with Gasteiger partial charge in [0.15, 0.2) is 5.13 Å².